The number of hydrogen-bond donors (Lipinski definition) is 0. The van der Waals surface area contributed by atoms with Crippen LogP contribution in [0.25, 0.3) is 0 Å². The molecule has 0 spiro atoms. The molecule has 0 atom stereocenters. The van der Waals surface area contributed by atoms with Crippen LogP contribution >= 0.6 is 0 Å². The first kappa shape index (κ1) is 160. The zero-order valence-corrected chi connectivity index (χ0v) is 70.8. The molecular formula is H8F8K8O24Re8. The summed E-state index contributed by atoms with van der Waals surface area (Å²) >= 11 is -33.7. The Morgan fingerprint density at radius 2 is 0.167 bits per heavy atom. The van der Waals surface area contributed by atoms with Gasteiger partial charge >= 0.3 is 634 Å². The van der Waals surface area contributed by atoms with Gasteiger partial charge in [0, 0.05) is 0 Å². The van der Waals surface area contributed by atoms with E-state index in [0.29, 0.717) is 0 Å². The zero-order valence-electron chi connectivity index (χ0n) is 24.1. The molecule has 0 heterocycles. The quantitative estimate of drug-likeness (QED) is 0.160. The standard InChI is InChI=1S/8FH.8K.24O.8Re/h8*1H;;;;;;;;;;;;;;;;;;;;;;;;;;;;;;;;;;;;;;;;/q;;;;;;;;8*+1;;;;;;;;;;;;;;;;;8*-1;;;;;;;;. The van der Waals surface area contributed by atoms with E-state index in [1.807, 2.05) is 0 Å². The second-order valence-corrected chi connectivity index (χ2v) is 12.4. The Kier molecular flexibility index (Phi) is 505. The number of hydrogen-bond acceptors (Lipinski definition) is 24. The summed E-state index contributed by atoms with van der Waals surface area (Å²) in [5.74, 6) is 0. The molecular weight excluding hydrogens is 2340 g/mol. The molecule has 0 unspecified atom stereocenters. The van der Waals surface area contributed by atoms with Crippen LogP contribution in [0, 0.1) is 0 Å². The van der Waals surface area contributed by atoms with Crippen molar-refractivity contribution in [3.05, 3.63) is 0 Å². The molecule has 0 aliphatic rings. The first-order chi connectivity index (χ1) is 13.9. The average Bonchev–Trinajstić information content (AvgIpc) is 2.30. The van der Waals surface area contributed by atoms with Crippen LogP contribution in [0.4, 0.5) is 37.6 Å². The molecule has 0 aromatic carbocycles. The Bertz CT molecular complexity index is 714. The van der Waals surface area contributed by atoms with Gasteiger partial charge in [0.2, 0.25) is 0 Å². The Morgan fingerprint density at radius 1 is 0.167 bits per heavy atom. The van der Waals surface area contributed by atoms with Crippen LogP contribution in [0.15, 0.2) is 0 Å². The second kappa shape index (κ2) is 152. The van der Waals surface area contributed by atoms with Crippen molar-refractivity contribution in [3.63, 3.8) is 0 Å². The van der Waals surface area contributed by atoms with Gasteiger partial charge in [-0.3, -0.25) is 37.6 Å². The van der Waals surface area contributed by atoms with Crippen LogP contribution in [0.3, 0.4) is 0 Å². The molecule has 0 radical (unpaired) electrons. The maximum absolute atomic E-state index is 8.60. The first-order valence-electron chi connectivity index (χ1n) is 3.70. The van der Waals surface area contributed by atoms with E-state index in [4.69, 9.17) is 86.1 Å². The van der Waals surface area contributed by atoms with Crippen molar-refractivity contribution >= 4 is 0 Å². The predicted molar refractivity (Wildman–Crippen MR) is 31.0 cm³/mol. The van der Waals surface area contributed by atoms with Gasteiger partial charge in [-0.2, -0.15) is 0 Å². The predicted octanol–water partition coefficient (Wildman–Crippen LogP) is -34.2. The molecule has 0 fully saturated rings. The summed E-state index contributed by atoms with van der Waals surface area (Å²) in [4.78, 5) is 0. The molecule has 0 bridgehead atoms. The molecule has 48 heteroatoms. The molecule has 0 saturated carbocycles. The minimum absolute atomic E-state index is 0. The monoisotopic (exact) mass is 2350 g/mol. The third-order valence-electron chi connectivity index (χ3n) is 0. The van der Waals surface area contributed by atoms with Gasteiger partial charge in [-0.25, -0.2) is 0 Å². The van der Waals surface area contributed by atoms with Crippen LogP contribution < -0.4 is 442 Å². The van der Waals surface area contributed by atoms with Crippen LogP contribution in [-0.2, 0) is 192 Å². The summed E-state index contributed by atoms with van der Waals surface area (Å²) in [6, 6.07) is 0. The normalized spacial score (nSPS) is 5.67. The van der Waals surface area contributed by atoms with Crippen LogP contribution in [0.1, 0.15) is 0 Å². The van der Waals surface area contributed by atoms with Crippen molar-refractivity contribution in [3.8, 4) is 0 Å². The van der Waals surface area contributed by atoms with Gasteiger partial charge in [0.1, 0.15) is 0 Å². The average molecular weight is 2350 g/mol. The summed E-state index contributed by atoms with van der Waals surface area (Å²) in [5.41, 5.74) is 0. The fourth-order valence-electron chi connectivity index (χ4n) is 0. The molecule has 272 valence electrons. The van der Waals surface area contributed by atoms with Crippen molar-refractivity contribution < 1.29 is 671 Å². The van der Waals surface area contributed by atoms with Gasteiger partial charge < -0.3 is 0 Å². The van der Waals surface area contributed by atoms with Crippen molar-refractivity contribution in [2.24, 2.45) is 0 Å². The molecule has 0 rings (SSSR count). The van der Waals surface area contributed by atoms with E-state index >= 15 is 0 Å². The summed E-state index contributed by atoms with van der Waals surface area (Å²) in [6.45, 7) is 0. The van der Waals surface area contributed by atoms with Crippen molar-refractivity contribution in [1.29, 1.82) is 0 Å². The van der Waals surface area contributed by atoms with E-state index in [0.717, 1.165) is 0 Å². The second-order valence-electron chi connectivity index (χ2n) is 1.51. The summed E-state index contributed by atoms with van der Waals surface area (Å²) < 4.78 is 206. The zero-order chi connectivity index (χ0) is 28.6. The van der Waals surface area contributed by atoms with Crippen LogP contribution in [0.2, 0.25) is 0 Å². The molecule has 0 amide bonds. The third kappa shape index (κ3) is 1040. The van der Waals surface area contributed by atoms with Gasteiger partial charge in [0.15, 0.2) is 0 Å². The molecule has 0 aliphatic heterocycles. The van der Waals surface area contributed by atoms with E-state index < -0.39 is 136 Å². The summed E-state index contributed by atoms with van der Waals surface area (Å²) in [5, 5.41) is 0. The van der Waals surface area contributed by atoms with Gasteiger partial charge in [0.05, 0.1) is 0 Å². The molecule has 0 aromatic heterocycles. The molecule has 0 saturated heterocycles. The van der Waals surface area contributed by atoms with Crippen LogP contribution in [0.5, 0.6) is 0 Å². The maximum atomic E-state index is 8.60. The first-order valence-corrected chi connectivity index (χ1v) is 30.3. The molecule has 0 aliphatic carbocycles. The van der Waals surface area contributed by atoms with Gasteiger partial charge in [-0.1, -0.05) is 0 Å². The Balaban J connectivity index is -0.00000000595. The Hall–Kier alpha value is 14.3. The van der Waals surface area contributed by atoms with E-state index in [1.165, 1.54) is 0 Å². The van der Waals surface area contributed by atoms with Gasteiger partial charge in [-0.15, -0.1) is 0 Å². The molecule has 48 heavy (non-hydrogen) atoms. The molecule has 0 aromatic rings. The van der Waals surface area contributed by atoms with E-state index in [9.17, 15) is 0 Å². The topological polar surface area (TPSA) is 458 Å². The fraction of sp³-hybridized carbons (Fsp3) is 0. The van der Waals surface area contributed by atoms with Crippen molar-refractivity contribution in [1.82, 2.24) is 0 Å². The number of rotatable bonds is 0. The van der Waals surface area contributed by atoms with E-state index in [2.05, 4.69) is 0 Å². The Morgan fingerprint density at radius 3 is 0.167 bits per heavy atom. The number of halogens is 8. The van der Waals surface area contributed by atoms with Crippen LogP contribution in [-0.4, -0.2) is 0 Å². The summed E-state index contributed by atoms with van der Waals surface area (Å²) in [7, 11) is 0. The van der Waals surface area contributed by atoms with Crippen molar-refractivity contribution in [2.75, 3.05) is 0 Å². The van der Waals surface area contributed by atoms with E-state index in [1.54, 1.807) is 0 Å². The SMILES string of the molecule is F.F.F.F.F.F.F.F.[K+].[K+].[K+].[K+].[K+].[K+].[K+].[K+].[O]=[Re](=[O])[O-].[O]=[Re](=[O])[O-].[O]=[Re](=[O])[O-].[O]=[Re](=[O])[O-].[O]=[Re](=[O])[O-].[O]=[Re](=[O])[O-].[O]=[Re](=[O])[O-].[O]=[Re](=[O])[O-]. The van der Waals surface area contributed by atoms with Gasteiger partial charge in [-0.05, 0) is 0 Å². The fourth-order valence-corrected chi connectivity index (χ4v) is 0. The van der Waals surface area contributed by atoms with Gasteiger partial charge in [0.25, 0.3) is 0 Å². The molecule has 24 nitrogen and oxygen atoms in total. The van der Waals surface area contributed by atoms with E-state index in [-0.39, 0.29) is 449 Å². The molecule has 0 N–H and O–H groups in total. The van der Waals surface area contributed by atoms with Crippen molar-refractivity contribution in [2.45, 2.75) is 0 Å². The summed E-state index contributed by atoms with van der Waals surface area (Å²) in [6.07, 6.45) is 0. The minimum atomic E-state index is -4.21. The Labute approximate surface area is 648 Å². The third-order valence-corrected chi connectivity index (χ3v) is 0.